The first-order valence-electron chi connectivity index (χ1n) is 15.5. The fraction of sp³-hybridized carbons (Fsp3) is 0. The summed E-state index contributed by atoms with van der Waals surface area (Å²) < 4.78 is 1.88. The number of nitrogens with zero attached hydrogens (tertiary/aromatic N) is 5. The molecule has 0 fully saturated rings. The molecule has 0 saturated carbocycles. The van der Waals surface area contributed by atoms with Crippen LogP contribution < -0.4 is 25.5 Å². The maximum Gasteiger partial charge on any atom is 0.324 e. The number of hydrogen-bond donors (Lipinski definition) is 0. The number of anilines is 6. The molecule has 0 saturated heterocycles. The predicted octanol–water partition coefficient (Wildman–Crippen LogP) is 7.78. The Morgan fingerprint density at radius 1 is 0.532 bits per heavy atom. The number of hydrogen-bond acceptors (Lipinski definition) is 4. The van der Waals surface area contributed by atoms with Gasteiger partial charge in [-0.3, -0.25) is 4.68 Å². The van der Waals surface area contributed by atoms with Crippen molar-refractivity contribution in [2.75, 3.05) is 14.6 Å². The summed E-state index contributed by atoms with van der Waals surface area (Å²) in [7, 11) is 0. The monoisotopic (exact) mass is 692 g/mol. The summed E-state index contributed by atoms with van der Waals surface area (Å²) >= 11 is 0. The van der Waals surface area contributed by atoms with Gasteiger partial charge in [-0.15, -0.1) is 47.7 Å². The van der Waals surface area contributed by atoms with Crippen molar-refractivity contribution in [3.63, 3.8) is 0 Å². The van der Waals surface area contributed by atoms with Crippen molar-refractivity contribution < 1.29 is 20.4 Å². The van der Waals surface area contributed by atoms with Crippen LogP contribution in [0.1, 0.15) is 0 Å². The van der Waals surface area contributed by atoms with E-state index in [-0.39, 0.29) is 27.3 Å². The van der Waals surface area contributed by atoms with E-state index in [0.29, 0.717) is 0 Å². The summed E-state index contributed by atoms with van der Waals surface area (Å²) in [5.74, 6) is 0. The summed E-state index contributed by atoms with van der Waals surface area (Å²) in [6.45, 7) is 2.15. The molecule has 0 radical (unpaired) electrons. The van der Waals surface area contributed by atoms with Gasteiger partial charge < -0.3 is 14.6 Å². The Hall–Kier alpha value is -5.34. The Bertz CT molecular complexity index is 2290. The van der Waals surface area contributed by atoms with Crippen LogP contribution in [0.2, 0.25) is 0 Å². The average Bonchev–Trinajstić information content (AvgIpc) is 3.81. The number of benzene rings is 6. The third-order valence-electron chi connectivity index (χ3n) is 9.33. The molecule has 0 N–H and O–H groups in total. The fourth-order valence-electron chi connectivity index (χ4n) is 7.32. The van der Waals surface area contributed by atoms with Gasteiger partial charge in [0.05, 0.1) is 0 Å². The van der Waals surface area contributed by atoms with Gasteiger partial charge in [0.2, 0.25) is 0 Å². The molecule has 3 aliphatic heterocycles. The molecule has 226 valence electrons. The Labute approximate surface area is 288 Å². The first-order valence-corrected chi connectivity index (χ1v) is 15.5. The summed E-state index contributed by atoms with van der Waals surface area (Å²) in [5, 5.41) is 4.53. The zero-order valence-electron chi connectivity index (χ0n) is 25.1. The SMILES string of the molecule is [Pd].[c-]1c(N2[CH-]N(c3ccccc3)c3ccccc32)ccc2c1N1B(c3ccccc3-2)c2ccccc2-c2ccc(-n3cccn3)[c-]c21. The van der Waals surface area contributed by atoms with Gasteiger partial charge in [0.25, 0.3) is 0 Å². The second kappa shape index (κ2) is 10.9. The van der Waals surface area contributed by atoms with Crippen molar-refractivity contribution in [3.05, 3.63) is 165 Å². The van der Waals surface area contributed by atoms with E-state index in [1.165, 1.54) is 22.1 Å². The second-order valence-corrected chi connectivity index (χ2v) is 11.8. The molecule has 7 heteroatoms. The fourth-order valence-corrected chi connectivity index (χ4v) is 7.32. The van der Waals surface area contributed by atoms with Crippen molar-refractivity contribution in [2.45, 2.75) is 0 Å². The third kappa shape index (κ3) is 4.17. The van der Waals surface area contributed by atoms with Gasteiger partial charge in [-0.05, 0) is 36.0 Å². The van der Waals surface area contributed by atoms with Crippen LogP contribution in [0, 0.1) is 18.8 Å². The third-order valence-corrected chi connectivity index (χ3v) is 9.33. The molecule has 0 atom stereocenters. The minimum Gasteiger partial charge on any atom is -0.493 e. The smallest absolute Gasteiger partial charge is 0.324 e. The molecular formula is C40H25BN5Pd-3. The summed E-state index contributed by atoms with van der Waals surface area (Å²) in [4.78, 5) is 6.95. The van der Waals surface area contributed by atoms with Crippen molar-refractivity contribution in [1.29, 1.82) is 0 Å². The standard InChI is InChI=1S/C40H25BN5.Pd/c1-2-11-28(12-3-1)43-27-44(38-18-9-8-17-37(38)43)29-19-21-33-31-13-4-6-15-35(31)41-36-16-7-5-14-32(36)34-22-20-30(45-24-10-23-42-45)26-40(34)46(41)39(33)25-29;/h1-24,27H;/q-3;. The molecular weight excluding hydrogens is 668 g/mol. The molecule has 0 bridgehead atoms. The zero-order chi connectivity index (χ0) is 30.2. The van der Waals surface area contributed by atoms with Crippen LogP contribution in [0.25, 0.3) is 27.9 Å². The molecule has 0 aliphatic carbocycles. The van der Waals surface area contributed by atoms with E-state index in [0.717, 1.165) is 50.9 Å². The topological polar surface area (TPSA) is 27.5 Å². The van der Waals surface area contributed by atoms with E-state index >= 15 is 0 Å². The molecule has 1 aromatic heterocycles. The van der Waals surface area contributed by atoms with E-state index in [1.54, 1.807) is 6.20 Å². The van der Waals surface area contributed by atoms with Gasteiger partial charge >= 0.3 is 6.85 Å². The average molecular weight is 693 g/mol. The van der Waals surface area contributed by atoms with E-state index in [4.69, 9.17) is 0 Å². The van der Waals surface area contributed by atoms with Crippen LogP contribution in [0.5, 0.6) is 0 Å². The van der Waals surface area contributed by atoms with E-state index in [1.807, 2.05) is 16.9 Å². The van der Waals surface area contributed by atoms with Crippen LogP contribution in [-0.2, 0) is 20.4 Å². The first-order chi connectivity index (χ1) is 22.8. The predicted molar refractivity (Wildman–Crippen MR) is 187 cm³/mol. The summed E-state index contributed by atoms with van der Waals surface area (Å²) in [5.41, 5.74) is 14.7. The van der Waals surface area contributed by atoms with Gasteiger partial charge in [0, 0.05) is 49.9 Å². The van der Waals surface area contributed by atoms with Gasteiger partial charge in [0.1, 0.15) is 0 Å². The molecule has 3 aliphatic rings. The largest absolute Gasteiger partial charge is 0.493 e. The molecule has 5 nitrogen and oxygen atoms in total. The number of para-hydroxylation sites is 3. The van der Waals surface area contributed by atoms with Crippen LogP contribution in [-0.4, -0.2) is 16.6 Å². The summed E-state index contributed by atoms with van der Waals surface area (Å²) in [6, 6.07) is 55.1. The molecule has 0 unspecified atom stereocenters. The number of aromatic nitrogens is 2. The normalized spacial score (nSPS) is 13.5. The van der Waals surface area contributed by atoms with Gasteiger partial charge in [0.15, 0.2) is 0 Å². The zero-order valence-corrected chi connectivity index (χ0v) is 26.6. The van der Waals surface area contributed by atoms with Crippen molar-refractivity contribution in [1.82, 2.24) is 9.78 Å². The van der Waals surface area contributed by atoms with Crippen LogP contribution in [0.4, 0.5) is 34.1 Å². The molecule has 4 heterocycles. The molecule has 7 aromatic rings. The van der Waals surface area contributed by atoms with Crippen molar-refractivity contribution >= 4 is 51.9 Å². The Morgan fingerprint density at radius 2 is 1.11 bits per heavy atom. The molecule has 6 aromatic carbocycles. The molecule has 0 spiro atoms. The maximum atomic E-state index is 4.53. The van der Waals surface area contributed by atoms with E-state index < -0.39 is 0 Å². The van der Waals surface area contributed by atoms with Crippen LogP contribution in [0.15, 0.2) is 146 Å². The van der Waals surface area contributed by atoms with E-state index in [9.17, 15) is 0 Å². The molecule has 10 rings (SSSR count). The quantitative estimate of drug-likeness (QED) is 0.140. The van der Waals surface area contributed by atoms with E-state index in [2.05, 4.69) is 166 Å². The Kier molecular flexibility index (Phi) is 6.47. The molecule has 0 amide bonds. The van der Waals surface area contributed by atoms with Crippen molar-refractivity contribution in [2.24, 2.45) is 0 Å². The minimum atomic E-state index is -0.0290. The minimum absolute atomic E-state index is 0. The molecule has 47 heavy (non-hydrogen) atoms. The van der Waals surface area contributed by atoms with Crippen LogP contribution in [0.3, 0.4) is 0 Å². The number of fused-ring (bicyclic) bond motifs is 12. The summed E-state index contributed by atoms with van der Waals surface area (Å²) in [6.07, 6.45) is 3.77. The van der Waals surface area contributed by atoms with Crippen molar-refractivity contribution in [3.8, 4) is 27.9 Å². The first kappa shape index (κ1) is 27.9. The van der Waals surface area contributed by atoms with Crippen LogP contribution >= 0.6 is 0 Å². The number of rotatable bonds is 3. The second-order valence-electron chi connectivity index (χ2n) is 11.8. The van der Waals surface area contributed by atoms with Gasteiger partial charge in [-0.2, -0.15) is 17.2 Å². The van der Waals surface area contributed by atoms with Gasteiger partial charge in [-0.25, -0.2) is 0 Å². The van der Waals surface area contributed by atoms with Gasteiger partial charge in [-0.1, -0.05) is 112 Å². The Balaban J connectivity index is 0.00000302. The maximum absolute atomic E-state index is 4.53. The Morgan fingerprint density at radius 3 is 1.77 bits per heavy atom.